The Hall–Kier alpha value is -2.09. The van der Waals surface area contributed by atoms with Crippen molar-refractivity contribution in [1.82, 2.24) is 0 Å². The van der Waals surface area contributed by atoms with Crippen LogP contribution in [0.4, 0.5) is 0 Å². The average Bonchev–Trinajstić information content (AvgIpc) is 2.49. The fraction of sp³-hybridized carbons (Fsp3) is 0.316. The Morgan fingerprint density at radius 3 is 2.24 bits per heavy atom. The zero-order valence-corrected chi connectivity index (χ0v) is 13.1. The summed E-state index contributed by atoms with van der Waals surface area (Å²) in [5.74, 6) is 0.995. The van der Waals surface area contributed by atoms with Gasteiger partial charge in [-0.05, 0) is 54.7 Å². The van der Waals surface area contributed by atoms with Crippen LogP contribution in [0.3, 0.4) is 0 Å². The molecule has 0 amide bonds. The second kappa shape index (κ2) is 7.07. The van der Waals surface area contributed by atoms with Crippen molar-refractivity contribution in [2.24, 2.45) is 0 Å². The summed E-state index contributed by atoms with van der Waals surface area (Å²) in [7, 11) is 0. The van der Waals surface area contributed by atoms with Crippen molar-refractivity contribution in [3.63, 3.8) is 0 Å². The monoisotopic (exact) mass is 281 g/mol. The van der Waals surface area contributed by atoms with Crippen LogP contribution in [0.15, 0.2) is 42.5 Å². The van der Waals surface area contributed by atoms with Gasteiger partial charge in [0.25, 0.3) is 0 Å². The van der Waals surface area contributed by atoms with E-state index in [1.54, 1.807) is 0 Å². The van der Waals surface area contributed by atoms with Crippen molar-refractivity contribution in [2.75, 3.05) is 6.61 Å². The lowest BCUT2D eigenvalue weighted by Gasteiger charge is -2.12. The van der Waals surface area contributed by atoms with Gasteiger partial charge in [-0.1, -0.05) is 43.7 Å². The molecule has 2 rings (SSSR count). The molecule has 0 fully saturated rings. The third kappa shape index (κ3) is 3.72. The maximum Gasteiger partial charge on any atom is 0.122 e. The molecule has 1 N–H and O–H groups in total. The molecular formula is C19H23NO. The minimum absolute atomic E-state index is 0.597. The fourth-order valence-corrected chi connectivity index (χ4v) is 2.43. The van der Waals surface area contributed by atoms with Gasteiger partial charge in [-0.15, -0.1) is 0 Å². The Morgan fingerprint density at radius 2 is 1.67 bits per heavy atom. The Balaban J connectivity index is 2.34. The Kier molecular flexibility index (Phi) is 5.15. The van der Waals surface area contributed by atoms with E-state index in [-0.39, 0.29) is 0 Å². The molecule has 0 atom stereocenters. The minimum atomic E-state index is 0.597. The number of aryl methyl sites for hydroxylation is 1. The number of hydrogen-bond acceptors (Lipinski definition) is 2. The third-order valence-corrected chi connectivity index (χ3v) is 3.53. The van der Waals surface area contributed by atoms with Gasteiger partial charge in [0.1, 0.15) is 5.75 Å². The van der Waals surface area contributed by atoms with Gasteiger partial charge in [0.05, 0.1) is 6.61 Å². The zero-order valence-electron chi connectivity index (χ0n) is 13.1. The van der Waals surface area contributed by atoms with Crippen molar-refractivity contribution in [2.45, 2.75) is 33.6 Å². The molecule has 0 aliphatic rings. The molecule has 0 saturated carbocycles. The van der Waals surface area contributed by atoms with E-state index in [2.05, 4.69) is 37.3 Å². The van der Waals surface area contributed by atoms with Crippen LogP contribution in [0.1, 0.15) is 38.3 Å². The topological polar surface area (TPSA) is 33.1 Å². The lowest BCUT2D eigenvalue weighted by molar-refractivity contribution is 0.336. The van der Waals surface area contributed by atoms with Gasteiger partial charge in [-0.2, -0.15) is 0 Å². The number of hydrogen-bond donors (Lipinski definition) is 1. The zero-order chi connectivity index (χ0) is 15.2. The van der Waals surface area contributed by atoms with Crippen molar-refractivity contribution in [3.8, 4) is 16.9 Å². The van der Waals surface area contributed by atoms with E-state index < -0.39 is 0 Å². The first kappa shape index (κ1) is 15.3. The highest BCUT2D eigenvalue weighted by Crippen LogP contribution is 2.28. The Morgan fingerprint density at radius 1 is 1.00 bits per heavy atom. The molecule has 2 heteroatoms. The van der Waals surface area contributed by atoms with Crippen molar-refractivity contribution < 1.29 is 4.74 Å². The molecule has 21 heavy (non-hydrogen) atoms. The van der Waals surface area contributed by atoms with E-state index in [4.69, 9.17) is 10.1 Å². The standard InChI is InChI=1S/C19H23NO/c1-4-6-18-13-17(11-12-19(18)21-5-2)16-9-7-15(8-10-16)14(3)20/h7-13,20H,4-6H2,1-3H3. The van der Waals surface area contributed by atoms with Crippen LogP contribution in [0.2, 0.25) is 0 Å². The van der Waals surface area contributed by atoms with E-state index in [0.717, 1.165) is 24.2 Å². The SMILES string of the molecule is CCCc1cc(-c2ccc(C(C)=N)cc2)ccc1OCC. The van der Waals surface area contributed by atoms with Crippen LogP contribution in [-0.4, -0.2) is 12.3 Å². The quantitative estimate of drug-likeness (QED) is 0.735. The van der Waals surface area contributed by atoms with Gasteiger partial charge in [-0.25, -0.2) is 0 Å². The molecule has 0 spiro atoms. The van der Waals surface area contributed by atoms with E-state index in [1.165, 1.54) is 16.7 Å². The van der Waals surface area contributed by atoms with Gasteiger partial charge >= 0.3 is 0 Å². The van der Waals surface area contributed by atoms with E-state index in [0.29, 0.717) is 12.3 Å². The smallest absolute Gasteiger partial charge is 0.122 e. The van der Waals surface area contributed by atoms with Crippen LogP contribution in [0.5, 0.6) is 5.75 Å². The molecular weight excluding hydrogens is 258 g/mol. The molecule has 2 aromatic carbocycles. The first-order valence-corrected chi connectivity index (χ1v) is 7.57. The van der Waals surface area contributed by atoms with Crippen LogP contribution in [-0.2, 0) is 6.42 Å². The van der Waals surface area contributed by atoms with E-state index in [1.807, 2.05) is 26.0 Å². The molecule has 0 heterocycles. The first-order chi connectivity index (χ1) is 10.2. The number of nitrogens with one attached hydrogen (secondary N) is 1. The summed E-state index contributed by atoms with van der Waals surface area (Å²) >= 11 is 0. The van der Waals surface area contributed by atoms with Gasteiger partial charge in [0.15, 0.2) is 0 Å². The van der Waals surface area contributed by atoms with Crippen LogP contribution in [0, 0.1) is 5.41 Å². The predicted molar refractivity (Wildman–Crippen MR) is 89.5 cm³/mol. The van der Waals surface area contributed by atoms with Gasteiger partial charge in [0.2, 0.25) is 0 Å². The fourth-order valence-electron chi connectivity index (χ4n) is 2.43. The highest BCUT2D eigenvalue weighted by atomic mass is 16.5. The average molecular weight is 281 g/mol. The molecule has 0 bridgehead atoms. The summed E-state index contributed by atoms with van der Waals surface area (Å²) in [6, 6.07) is 14.6. The van der Waals surface area contributed by atoms with Gasteiger partial charge in [-0.3, -0.25) is 0 Å². The minimum Gasteiger partial charge on any atom is -0.494 e. The van der Waals surface area contributed by atoms with Gasteiger partial charge < -0.3 is 10.1 Å². The second-order valence-electron chi connectivity index (χ2n) is 5.21. The third-order valence-electron chi connectivity index (χ3n) is 3.53. The largest absolute Gasteiger partial charge is 0.494 e. The Bertz CT molecular complexity index is 614. The predicted octanol–water partition coefficient (Wildman–Crippen LogP) is 5.09. The maximum absolute atomic E-state index is 7.66. The van der Waals surface area contributed by atoms with Crippen molar-refractivity contribution in [3.05, 3.63) is 53.6 Å². The summed E-state index contributed by atoms with van der Waals surface area (Å²) < 4.78 is 5.70. The lowest BCUT2D eigenvalue weighted by atomic mass is 9.98. The van der Waals surface area contributed by atoms with Gasteiger partial charge in [0, 0.05) is 5.71 Å². The molecule has 110 valence electrons. The normalized spacial score (nSPS) is 10.4. The van der Waals surface area contributed by atoms with Crippen molar-refractivity contribution >= 4 is 5.71 Å². The Labute approximate surface area is 127 Å². The number of ether oxygens (including phenoxy) is 1. The van der Waals surface area contributed by atoms with Crippen LogP contribution in [0.25, 0.3) is 11.1 Å². The molecule has 0 unspecified atom stereocenters. The molecule has 0 radical (unpaired) electrons. The molecule has 2 nitrogen and oxygen atoms in total. The highest BCUT2D eigenvalue weighted by Gasteiger charge is 2.06. The van der Waals surface area contributed by atoms with Crippen LogP contribution < -0.4 is 4.74 Å². The number of benzene rings is 2. The molecule has 0 aromatic heterocycles. The molecule has 0 saturated heterocycles. The molecule has 0 aliphatic heterocycles. The van der Waals surface area contributed by atoms with Crippen molar-refractivity contribution in [1.29, 1.82) is 5.41 Å². The van der Waals surface area contributed by atoms with E-state index >= 15 is 0 Å². The summed E-state index contributed by atoms with van der Waals surface area (Å²) in [6.45, 7) is 6.71. The maximum atomic E-state index is 7.66. The lowest BCUT2D eigenvalue weighted by Crippen LogP contribution is -1.97. The van der Waals surface area contributed by atoms with E-state index in [9.17, 15) is 0 Å². The summed E-state index contributed by atoms with van der Waals surface area (Å²) in [4.78, 5) is 0. The van der Waals surface area contributed by atoms with Crippen LogP contribution >= 0.6 is 0 Å². The first-order valence-electron chi connectivity index (χ1n) is 7.57. The summed E-state index contributed by atoms with van der Waals surface area (Å²) in [5.41, 5.74) is 5.22. The molecule has 2 aromatic rings. The summed E-state index contributed by atoms with van der Waals surface area (Å²) in [5, 5.41) is 7.66. The number of rotatable bonds is 6. The summed E-state index contributed by atoms with van der Waals surface area (Å²) in [6.07, 6.45) is 2.14. The highest BCUT2D eigenvalue weighted by molar-refractivity contribution is 5.96. The molecule has 0 aliphatic carbocycles. The second-order valence-corrected chi connectivity index (χ2v) is 5.21.